The highest BCUT2D eigenvalue weighted by molar-refractivity contribution is 5.89. The van der Waals surface area contributed by atoms with Crippen LogP contribution in [0.15, 0.2) is 70.5 Å². The maximum Gasteiger partial charge on any atom is 0.335 e. The molecule has 0 amide bonds. The van der Waals surface area contributed by atoms with Crippen molar-refractivity contribution in [3.63, 3.8) is 0 Å². The number of carboxylic acids is 1. The van der Waals surface area contributed by atoms with Gasteiger partial charge in [0, 0.05) is 11.8 Å². The fourth-order valence-corrected chi connectivity index (χ4v) is 1.93. The molecule has 0 aliphatic carbocycles. The average Bonchev–Trinajstić information content (AvgIpc) is 3.08. The molecule has 5 heteroatoms. The lowest BCUT2D eigenvalue weighted by molar-refractivity contribution is 0.0697. The summed E-state index contributed by atoms with van der Waals surface area (Å²) in [5.74, 6) is -0.230. The second kappa shape index (κ2) is 6.05. The lowest BCUT2D eigenvalue weighted by atomic mass is 10.1. The molecule has 0 aliphatic rings. The predicted molar refractivity (Wildman–Crippen MR) is 82.6 cm³/mol. The van der Waals surface area contributed by atoms with Crippen LogP contribution in [0.5, 0.6) is 0 Å². The highest BCUT2D eigenvalue weighted by Crippen LogP contribution is 2.22. The smallest absolute Gasteiger partial charge is 0.335 e. The molecular weight excluding hydrogens is 280 g/mol. The molecule has 0 saturated heterocycles. The van der Waals surface area contributed by atoms with Gasteiger partial charge in [-0.1, -0.05) is 12.1 Å². The normalized spacial score (nSPS) is 10.9. The van der Waals surface area contributed by atoms with E-state index < -0.39 is 5.97 Å². The minimum Gasteiger partial charge on any atom is -0.478 e. The molecule has 0 spiro atoms. The maximum absolute atomic E-state index is 10.8. The topological polar surface area (TPSA) is 75.7 Å². The average molecular weight is 292 g/mol. The number of hydrogen-bond acceptors (Lipinski definition) is 4. The number of aromatic nitrogens is 1. The summed E-state index contributed by atoms with van der Waals surface area (Å²) in [6.45, 7) is 0. The van der Waals surface area contributed by atoms with Gasteiger partial charge in [-0.05, 0) is 42.0 Å². The fourth-order valence-electron chi connectivity index (χ4n) is 1.93. The lowest BCUT2D eigenvalue weighted by Crippen LogP contribution is -1.95. The van der Waals surface area contributed by atoms with Crippen LogP contribution in [0, 0.1) is 0 Å². The van der Waals surface area contributed by atoms with Gasteiger partial charge >= 0.3 is 5.97 Å². The van der Waals surface area contributed by atoms with E-state index in [2.05, 4.69) is 9.98 Å². The van der Waals surface area contributed by atoms with Gasteiger partial charge in [0.2, 0.25) is 0 Å². The van der Waals surface area contributed by atoms with E-state index in [4.69, 9.17) is 9.52 Å². The van der Waals surface area contributed by atoms with Gasteiger partial charge in [-0.25, -0.2) is 9.78 Å². The molecule has 5 nitrogen and oxygen atoms in total. The van der Waals surface area contributed by atoms with E-state index in [0.29, 0.717) is 5.76 Å². The number of rotatable bonds is 4. The summed E-state index contributed by atoms with van der Waals surface area (Å²) in [4.78, 5) is 19.0. The van der Waals surface area contributed by atoms with Gasteiger partial charge in [0.25, 0.3) is 0 Å². The highest BCUT2D eigenvalue weighted by atomic mass is 16.4. The minimum absolute atomic E-state index is 0.258. The first-order valence-corrected chi connectivity index (χ1v) is 6.59. The Morgan fingerprint density at radius 1 is 1.09 bits per heavy atom. The molecule has 0 aliphatic heterocycles. The van der Waals surface area contributed by atoms with Crippen molar-refractivity contribution in [1.82, 2.24) is 4.98 Å². The van der Waals surface area contributed by atoms with E-state index in [9.17, 15) is 4.79 Å². The van der Waals surface area contributed by atoms with Gasteiger partial charge in [-0.15, -0.1) is 0 Å². The van der Waals surface area contributed by atoms with Crippen LogP contribution in [-0.4, -0.2) is 22.3 Å². The van der Waals surface area contributed by atoms with Crippen molar-refractivity contribution in [1.29, 1.82) is 0 Å². The molecule has 1 heterocycles. The van der Waals surface area contributed by atoms with Gasteiger partial charge in [0.15, 0.2) is 12.2 Å². The maximum atomic E-state index is 10.8. The van der Waals surface area contributed by atoms with Gasteiger partial charge in [0.05, 0.1) is 17.4 Å². The van der Waals surface area contributed by atoms with Gasteiger partial charge in [0.1, 0.15) is 0 Å². The van der Waals surface area contributed by atoms with Crippen LogP contribution in [0.25, 0.3) is 11.3 Å². The van der Waals surface area contributed by atoms with Crippen LogP contribution < -0.4 is 0 Å². The minimum atomic E-state index is -0.938. The Bertz CT molecular complexity index is 789. The van der Waals surface area contributed by atoms with Crippen LogP contribution >= 0.6 is 0 Å². The molecule has 0 atom stereocenters. The van der Waals surface area contributed by atoms with E-state index in [0.717, 1.165) is 16.8 Å². The molecule has 108 valence electrons. The van der Waals surface area contributed by atoms with E-state index in [1.54, 1.807) is 36.7 Å². The van der Waals surface area contributed by atoms with E-state index in [1.165, 1.54) is 6.39 Å². The first kappa shape index (κ1) is 13.8. The second-order valence-electron chi connectivity index (χ2n) is 4.60. The number of hydrogen-bond donors (Lipinski definition) is 1. The first-order valence-electron chi connectivity index (χ1n) is 6.59. The van der Waals surface area contributed by atoms with E-state index in [-0.39, 0.29) is 5.56 Å². The second-order valence-corrected chi connectivity index (χ2v) is 4.60. The van der Waals surface area contributed by atoms with Crippen molar-refractivity contribution in [2.24, 2.45) is 4.99 Å². The van der Waals surface area contributed by atoms with Gasteiger partial charge < -0.3 is 9.52 Å². The number of nitrogens with zero attached hydrogens (tertiary/aromatic N) is 2. The number of aliphatic imine (C=N–C) groups is 1. The molecular formula is C17H12N2O3. The molecule has 22 heavy (non-hydrogen) atoms. The van der Waals surface area contributed by atoms with E-state index in [1.807, 2.05) is 24.3 Å². The zero-order valence-electron chi connectivity index (χ0n) is 11.5. The third-order valence-electron chi connectivity index (χ3n) is 3.10. The summed E-state index contributed by atoms with van der Waals surface area (Å²) in [6.07, 6.45) is 4.74. The number of carboxylic acid groups (broad SMARTS) is 1. The molecule has 3 rings (SSSR count). The van der Waals surface area contributed by atoms with Crippen molar-refractivity contribution in [2.45, 2.75) is 0 Å². The Labute approximate surface area is 126 Å². The Kier molecular flexibility index (Phi) is 3.78. The molecule has 0 radical (unpaired) electrons. The molecule has 1 aromatic heterocycles. The van der Waals surface area contributed by atoms with Crippen molar-refractivity contribution < 1.29 is 14.3 Å². The number of carbonyl (C=O) groups is 1. The fraction of sp³-hybridized carbons (Fsp3) is 0. The molecule has 2 aromatic carbocycles. The van der Waals surface area contributed by atoms with Crippen LogP contribution in [0.2, 0.25) is 0 Å². The molecule has 1 N–H and O–H groups in total. The molecule has 3 aromatic rings. The monoisotopic (exact) mass is 292 g/mol. The molecule has 0 saturated carbocycles. The van der Waals surface area contributed by atoms with Crippen molar-refractivity contribution in [3.05, 3.63) is 72.2 Å². The largest absolute Gasteiger partial charge is 0.478 e. The Balaban J connectivity index is 1.73. The first-order chi connectivity index (χ1) is 10.7. The Morgan fingerprint density at radius 3 is 2.41 bits per heavy atom. The number of oxazole rings is 1. The third-order valence-corrected chi connectivity index (χ3v) is 3.10. The summed E-state index contributed by atoms with van der Waals surface area (Å²) in [7, 11) is 0. The summed E-state index contributed by atoms with van der Waals surface area (Å²) in [5, 5.41) is 8.84. The SMILES string of the molecule is O=C(O)c1ccc(C=Nc2ccc(-c3cnco3)cc2)cc1. The Hall–Kier alpha value is -3.21. The zero-order chi connectivity index (χ0) is 15.4. The molecule has 0 fully saturated rings. The summed E-state index contributed by atoms with van der Waals surface area (Å²) in [6, 6.07) is 14.1. The number of aromatic carboxylic acids is 1. The van der Waals surface area contributed by atoms with Crippen molar-refractivity contribution >= 4 is 17.9 Å². The Morgan fingerprint density at radius 2 is 1.82 bits per heavy atom. The van der Waals surface area contributed by atoms with E-state index >= 15 is 0 Å². The van der Waals surface area contributed by atoms with Gasteiger partial charge in [-0.3, -0.25) is 4.99 Å². The summed E-state index contributed by atoms with van der Waals surface area (Å²) in [5.41, 5.74) is 2.82. The van der Waals surface area contributed by atoms with Crippen LogP contribution in [0.1, 0.15) is 15.9 Å². The predicted octanol–water partition coefficient (Wildman–Crippen LogP) is 3.79. The summed E-state index contributed by atoms with van der Waals surface area (Å²) < 4.78 is 5.22. The summed E-state index contributed by atoms with van der Waals surface area (Å²) >= 11 is 0. The van der Waals surface area contributed by atoms with Crippen molar-refractivity contribution in [2.75, 3.05) is 0 Å². The van der Waals surface area contributed by atoms with Crippen LogP contribution in [0.4, 0.5) is 5.69 Å². The molecule has 0 unspecified atom stereocenters. The molecule has 0 bridgehead atoms. The number of benzene rings is 2. The van der Waals surface area contributed by atoms with Gasteiger partial charge in [-0.2, -0.15) is 0 Å². The highest BCUT2D eigenvalue weighted by Gasteiger charge is 2.01. The third kappa shape index (κ3) is 3.09. The quantitative estimate of drug-likeness (QED) is 0.742. The lowest BCUT2D eigenvalue weighted by Gasteiger charge is -1.98. The zero-order valence-corrected chi connectivity index (χ0v) is 11.5. The van der Waals surface area contributed by atoms with Crippen LogP contribution in [-0.2, 0) is 0 Å². The van der Waals surface area contributed by atoms with Crippen LogP contribution in [0.3, 0.4) is 0 Å². The standard InChI is InChI=1S/C17H12N2O3/c20-17(21)14-3-1-12(2-4-14)9-19-15-7-5-13(6-8-15)16-10-18-11-22-16/h1-11H,(H,20,21). The van der Waals surface area contributed by atoms with Crippen molar-refractivity contribution in [3.8, 4) is 11.3 Å².